The summed E-state index contributed by atoms with van der Waals surface area (Å²) in [5.74, 6) is 1.25. The minimum absolute atomic E-state index is 1.20. The Morgan fingerprint density at radius 3 is 1.31 bits per heavy atom. The van der Waals surface area contributed by atoms with E-state index < -0.39 is 31.3 Å². The molecule has 0 spiro atoms. The Balaban J connectivity index is 0.000000601. The zero-order chi connectivity index (χ0) is 27.8. The van der Waals surface area contributed by atoms with Crippen LogP contribution in [0, 0.1) is 0 Å². The van der Waals surface area contributed by atoms with Gasteiger partial charge in [0.25, 0.3) is 11.1 Å². The van der Waals surface area contributed by atoms with E-state index in [4.69, 9.17) is 30.4 Å². The maximum Gasteiger partial charge on any atom is 0.565 e. The van der Waals surface area contributed by atoms with Gasteiger partial charge < -0.3 is 9.11 Å². The van der Waals surface area contributed by atoms with Crippen molar-refractivity contribution in [3.8, 4) is 5.75 Å². The van der Waals surface area contributed by atoms with Crippen LogP contribution in [0.15, 0.2) is 4.42 Å². The number of hydrogen-bond donors (Lipinski definition) is 0. The van der Waals surface area contributed by atoms with Gasteiger partial charge >= 0.3 is 22.2 Å². The third-order valence-electron chi connectivity index (χ3n) is 4.47. The molecule has 204 valence electrons. The minimum atomic E-state index is -6.09. The highest BCUT2D eigenvalue weighted by molar-refractivity contribution is 7.86. The zero-order valence-electron chi connectivity index (χ0n) is 19.6. The number of rotatable bonds is 9. The second kappa shape index (κ2) is 13.1. The lowest BCUT2D eigenvalue weighted by Gasteiger charge is -2.08. The third kappa shape index (κ3) is 10.9. The van der Waals surface area contributed by atoms with Crippen LogP contribution in [0.2, 0.25) is 0 Å². The van der Waals surface area contributed by atoms with Gasteiger partial charge in [-0.2, -0.15) is 26.3 Å². The van der Waals surface area contributed by atoms with Crippen molar-refractivity contribution < 1.29 is 52.3 Å². The summed E-state index contributed by atoms with van der Waals surface area (Å²) in [6.07, 6.45) is 9.69. The molecule has 35 heavy (non-hydrogen) atoms. The Kier molecular flexibility index (Phi) is 12.5. The molecule has 0 unspecified atom stereocenters. The van der Waals surface area contributed by atoms with Crippen molar-refractivity contribution in [1.82, 2.24) is 0 Å². The molecule has 2 rings (SSSR count). The summed E-state index contributed by atoms with van der Waals surface area (Å²) in [6.45, 7) is 9.00. The van der Waals surface area contributed by atoms with Crippen molar-refractivity contribution in [2.75, 3.05) is 0 Å². The van der Waals surface area contributed by atoms with Crippen LogP contribution in [0.4, 0.5) is 26.3 Å². The molecule has 0 amide bonds. The van der Waals surface area contributed by atoms with Gasteiger partial charge in [0.05, 0.1) is 24.0 Å². The average Bonchev–Trinajstić information content (AvgIpc) is 3.52. The maximum atomic E-state index is 10.7. The Hall–Kier alpha value is -1.58. The van der Waals surface area contributed by atoms with E-state index in [0.717, 1.165) is 0 Å². The first-order chi connectivity index (χ1) is 15.8. The summed E-state index contributed by atoms with van der Waals surface area (Å²) in [4.78, 5) is 0. The number of hydrogen-bond acceptors (Lipinski definition) is 6. The molecule has 15 heteroatoms. The van der Waals surface area contributed by atoms with Crippen molar-refractivity contribution in [3.05, 3.63) is 32.1 Å². The molecule has 0 bridgehead atoms. The fourth-order valence-corrected chi connectivity index (χ4v) is 2.90. The van der Waals surface area contributed by atoms with Crippen molar-refractivity contribution >= 4 is 20.2 Å². The second-order valence-electron chi connectivity index (χ2n) is 7.47. The smallest absolute Gasteiger partial charge is 0.565 e. The van der Waals surface area contributed by atoms with E-state index in [1.165, 1.54) is 84.8 Å². The molecule has 0 radical (unpaired) electrons. The zero-order valence-corrected chi connectivity index (χ0v) is 21.2. The normalized spacial score (nSPS) is 12.8. The molecule has 0 aliphatic heterocycles. The van der Waals surface area contributed by atoms with E-state index in [0.29, 0.717) is 0 Å². The summed E-state index contributed by atoms with van der Waals surface area (Å²) >= 11 is 0. The van der Waals surface area contributed by atoms with Gasteiger partial charge in [-0.25, -0.2) is 16.8 Å². The van der Waals surface area contributed by atoms with E-state index in [-0.39, 0.29) is 0 Å². The van der Waals surface area contributed by atoms with Gasteiger partial charge in [0, 0.05) is 0 Å². The molecule has 2 aromatic rings. The fraction of sp³-hybridized carbons (Fsp3) is 0.700. The predicted octanol–water partition coefficient (Wildman–Crippen LogP) is 4.94. The Bertz CT molecular complexity index is 1040. The molecular weight excluding hydrogens is 530 g/mol. The highest BCUT2D eigenvalue weighted by Gasteiger charge is 2.52. The number of halogens is 6. The molecule has 0 N–H and O–H groups in total. The van der Waals surface area contributed by atoms with Crippen LogP contribution in [0.5, 0.6) is 5.75 Å². The van der Waals surface area contributed by atoms with Crippen molar-refractivity contribution in [3.63, 3.8) is 0 Å². The molecule has 0 atom stereocenters. The summed E-state index contributed by atoms with van der Waals surface area (Å²) in [5.41, 5.74) is -3.95. The van der Waals surface area contributed by atoms with Gasteiger partial charge in [-0.05, 0) is 25.7 Å². The molecule has 0 aliphatic carbocycles. The molecule has 0 saturated carbocycles. The first kappa shape index (κ1) is 33.4. The van der Waals surface area contributed by atoms with E-state index >= 15 is 0 Å². The minimum Gasteiger partial charge on any atom is -0.741 e. The van der Waals surface area contributed by atoms with E-state index in [9.17, 15) is 26.3 Å². The van der Waals surface area contributed by atoms with Crippen molar-refractivity contribution in [1.29, 1.82) is 0 Å². The largest absolute Gasteiger partial charge is 0.741 e. The third-order valence-corrected chi connectivity index (χ3v) is 5.60. The van der Waals surface area contributed by atoms with Crippen LogP contribution in [0.1, 0.15) is 75.6 Å². The first-order valence-corrected chi connectivity index (χ1v) is 13.5. The van der Waals surface area contributed by atoms with Crippen molar-refractivity contribution in [2.24, 2.45) is 0 Å². The first-order valence-electron chi connectivity index (χ1n) is 10.7. The fourth-order valence-electron chi connectivity index (χ4n) is 2.90. The van der Waals surface area contributed by atoms with Crippen LogP contribution in [0.3, 0.4) is 0 Å². The molecule has 0 fully saturated rings. The van der Waals surface area contributed by atoms with Gasteiger partial charge in [0.2, 0.25) is 0 Å². The monoisotopic (exact) mass is 558 g/mol. The Labute approximate surface area is 200 Å². The maximum absolute atomic E-state index is 10.7. The quantitative estimate of drug-likeness (QED) is 0.141. The standard InChI is InChI=1S/C18H28O.2CHF3O3S/c1-5-9-13-14(10-6-2)17(13)19-18-15(11-7-3)16(18)12-8-4;2*2-1(3,4)8(5,6)7/h5-12H2,1-4H3;2*(H,5,6,7)/q+2;;/p-2. The Morgan fingerprint density at radius 1 is 0.714 bits per heavy atom. The topological polar surface area (TPSA) is 126 Å². The van der Waals surface area contributed by atoms with Crippen LogP contribution in [-0.2, 0) is 45.9 Å². The summed E-state index contributed by atoms with van der Waals surface area (Å²) in [7, 11) is -12.2. The van der Waals surface area contributed by atoms with Crippen LogP contribution < -0.4 is 5.43 Å². The number of alkyl halides is 6. The summed E-state index contributed by atoms with van der Waals surface area (Å²) in [5, 5.41) is 0. The predicted molar refractivity (Wildman–Crippen MR) is 115 cm³/mol. The van der Waals surface area contributed by atoms with Gasteiger partial charge in [-0.3, -0.25) is 0 Å². The summed E-state index contributed by atoms with van der Waals surface area (Å²) in [6, 6.07) is 0. The van der Waals surface area contributed by atoms with Gasteiger partial charge in [0.1, 0.15) is 0 Å². The lowest BCUT2D eigenvalue weighted by atomic mass is 10.2. The lowest BCUT2D eigenvalue weighted by molar-refractivity contribution is -0.0522. The van der Waals surface area contributed by atoms with Gasteiger partial charge in [0.15, 0.2) is 20.2 Å². The second-order valence-corrected chi connectivity index (χ2v) is 10.2. The SMILES string of the molecule is CCCc1c(CCC)c1=[O+]c1c(CCC)[c+]1CCC.O=S(=O)([O-])C(F)(F)F.O=S(=O)([O-])C(F)(F)F. The molecule has 0 saturated heterocycles. The molecule has 0 aliphatic rings. The Morgan fingerprint density at radius 2 is 1.06 bits per heavy atom. The van der Waals surface area contributed by atoms with E-state index in [2.05, 4.69) is 27.7 Å². The van der Waals surface area contributed by atoms with E-state index in [1.807, 2.05) is 0 Å². The highest BCUT2D eigenvalue weighted by atomic mass is 32.2. The highest BCUT2D eigenvalue weighted by Crippen LogP contribution is 2.44. The van der Waals surface area contributed by atoms with Crippen molar-refractivity contribution in [2.45, 2.75) is 90.1 Å². The molecular formula is C20H28F6O7S2. The van der Waals surface area contributed by atoms with Gasteiger partial charge in [-0.1, -0.05) is 40.5 Å². The van der Waals surface area contributed by atoms with Crippen LogP contribution >= 0.6 is 0 Å². The van der Waals surface area contributed by atoms with Crippen LogP contribution in [-0.4, -0.2) is 37.0 Å². The van der Waals surface area contributed by atoms with E-state index in [1.54, 1.807) is 0 Å². The molecule has 7 nitrogen and oxygen atoms in total. The molecule has 0 heterocycles. The molecule has 0 aromatic heterocycles. The van der Waals surface area contributed by atoms with Crippen LogP contribution in [0.25, 0.3) is 0 Å². The lowest BCUT2D eigenvalue weighted by Crippen LogP contribution is -2.21. The average molecular weight is 559 g/mol. The molecule has 2 aromatic carbocycles. The summed E-state index contributed by atoms with van der Waals surface area (Å²) < 4.78 is 124. The van der Waals surface area contributed by atoms with Gasteiger partial charge in [-0.15, -0.1) is 4.42 Å².